The number of nitrogens with one attached hydrogen (secondary N) is 1. The largest absolute Gasteiger partial charge is 0.455 e. The standard InChI is InChI=1S/C24H24FN3O3/c1-14-4-10-19(11-5-14)28-16(3)23(15(2)27-28)26-22(29)13-31-24(30)21-12-20(21)17-6-8-18(25)9-7-17/h4-11,20-21H,12-13H2,1-3H3,(H,26,29). The van der Waals surface area contributed by atoms with Gasteiger partial charge in [0.15, 0.2) is 6.61 Å². The minimum Gasteiger partial charge on any atom is -0.455 e. The quantitative estimate of drug-likeness (QED) is 0.605. The second kappa shape index (κ2) is 8.34. The molecule has 0 spiro atoms. The molecule has 6 nitrogen and oxygen atoms in total. The van der Waals surface area contributed by atoms with Gasteiger partial charge in [-0.2, -0.15) is 5.10 Å². The Labute approximate surface area is 180 Å². The highest BCUT2D eigenvalue weighted by Crippen LogP contribution is 2.48. The van der Waals surface area contributed by atoms with Gasteiger partial charge in [-0.25, -0.2) is 9.07 Å². The molecule has 4 rings (SSSR count). The van der Waals surface area contributed by atoms with Crippen molar-refractivity contribution in [3.63, 3.8) is 0 Å². The summed E-state index contributed by atoms with van der Waals surface area (Å²) in [5, 5.41) is 7.32. The van der Waals surface area contributed by atoms with E-state index in [1.807, 2.05) is 45.0 Å². The molecule has 3 aromatic rings. The van der Waals surface area contributed by atoms with Crippen LogP contribution in [0.1, 0.15) is 34.9 Å². The monoisotopic (exact) mass is 421 g/mol. The smallest absolute Gasteiger partial charge is 0.310 e. The molecule has 1 amide bonds. The molecule has 1 aromatic heterocycles. The van der Waals surface area contributed by atoms with Crippen LogP contribution in [0.25, 0.3) is 5.69 Å². The van der Waals surface area contributed by atoms with Crippen LogP contribution in [0.3, 0.4) is 0 Å². The minimum atomic E-state index is -0.415. The zero-order chi connectivity index (χ0) is 22.1. The first kappa shape index (κ1) is 20.8. The van der Waals surface area contributed by atoms with Crippen molar-refractivity contribution in [2.75, 3.05) is 11.9 Å². The number of amides is 1. The fourth-order valence-electron chi connectivity index (χ4n) is 3.71. The van der Waals surface area contributed by atoms with Gasteiger partial charge in [-0.05, 0) is 62.9 Å². The summed E-state index contributed by atoms with van der Waals surface area (Å²) in [6, 6.07) is 14.1. The highest BCUT2D eigenvalue weighted by molar-refractivity contribution is 5.94. The van der Waals surface area contributed by atoms with E-state index in [9.17, 15) is 14.0 Å². The molecule has 2 unspecified atom stereocenters. The van der Waals surface area contributed by atoms with Crippen molar-refractivity contribution in [2.45, 2.75) is 33.1 Å². The number of carbonyl (C=O) groups is 2. The van der Waals surface area contributed by atoms with Gasteiger partial charge >= 0.3 is 5.97 Å². The van der Waals surface area contributed by atoms with Gasteiger partial charge < -0.3 is 10.1 Å². The summed E-state index contributed by atoms with van der Waals surface area (Å²) in [5.41, 5.74) is 5.03. The summed E-state index contributed by atoms with van der Waals surface area (Å²) in [4.78, 5) is 24.6. The molecular weight excluding hydrogens is 397 g/mol. The van der Waals surface area contributed by atoms with Gasteiger partial charge in [0.2, 0.25) is 0 Å². The summed E-state index contributed by atoms with van der Waals surface area (Å²) in [6.07, 6.45) is 0.646. The zero-order valence-electron chi connectivity index (χ0n) is 17.7. The molecule has 1 aliphatic carbocycles. The molecule has 1 aliphatic rings. The van der Waals surface area contributed by atoms with Crippen molar-refractivity contribution in [2.24, 2.45) is 5.92 Å². The lowest BCUT2D eigenvalue weighted by Gasteiger charge is -2.08. The summed E-state index contributed by atoms with van der Waals surface area (Å²) >= 11 is 0. The van der Waals surface area contributed by atoms with E-state index in [1.54, 1.807) is 16.8 Å². The normalized spacial score (nSPS) is 17.3. The summed E-state index contributed by atoms with van der Waals surface area (Å²) in [6.45, 7) is 5.34. The van der Waals surface area contributed by atoms with Crippen LogP contribution in [0.4, 0.5) is 10.1 Å². The number of halogens is 1. The molecule has 2 atom stereocenters. The number of hydrogen-bond acceptors (Lipinski definition) is 4. The maximum Gasteiger partial charge on any atom is 0.310 e. The maximum atomic E-state index is 13.0. The SMILES string of the molecule is Cc1ccc(-n2nc(C)c(NC(=O)COC(=O)C3CC3c3ccc(F)cc3)c2C)cc1. The van der Waals surface area contributed by atoms with Crippen LogP contribution in [-0.4, -0.2) is 28.3 Å². The number of anilines is 1. The molecular formula is C24H24FN3O3. The Morgan fingerprint density at radius 3 is 2.45 bits per heavy atom. The van der Waals surface area contributed by atoms with Gasteiger partial charge in [-0.1, -0.05) is 29.8 Å². The summed E-state index contributed by atoms with van der Waals surface area (Å²) in [7, 11) is 0. The van der Waals surface area contributed by atoms with E-state index in [4.69, 9.17) is 4.74 Å². The van der Waals surface area contributed by atoms with Crippen LogP contribution in [-0.2, 0) is 14.3 Å². The fraction of sp³-hybridized carbons (Fsp3) is 0.292. The van der Waals surface area contributed by atoms with Crippen LogP contribution in [0, 0.1) is 32.5 Å². The van der Waals surface area contributed by atoms with Gasteiger partial charge in [0, 0.05) is 0 Å². The van der Waals surface area contributed by atoms with E-state index in [0.29, 0.717) is 17.8 Å². The molecule has 0 bridgehead atoms. The van der Waals surface area contributed by atoms with Crippen LogP contribution >= 0.6 is 0 Å². The Kier molecular flexibility index (Phi) is 5.59. The molecule has 0 aliphatic heterocycles. The Hall–Kier alpha value is -3.48. The van der Waals surface area contributed by atoms with Crippen molar-refractivity contribution < 1.29 is 18.7 Å². The van der Waals surface area contributed by atoms with Crippen LogP contribution in [0.15, 0.2) is 48.5 Å². The molecule has 1 saturated carbocycles. The second-order valence-electron chi connectivity index (χ2n) is 7.95. The Morgan fingerprint density at radius 1 is 1.10 bits per heavy atom. The Morgan fingerprint density at radius 2 is 1.77 bits per heavy atom. The van der Waals surface area contributed by atoms with E-state index >= 15 is 0 Å². The number of carbonyl (C=O) groups excluding carboxylic acids is 2. The lowest BCUT2D eigenvalue weighted by Crippen LogP contribution is -2.22. The molecule has 0 radical (unpaired) electrons. The molecule has 160 valence electrons. The number of nitrogens with zero attached hydrogens (tertiary/aromatic N) is 2. The first-order chi connectivity index (χ1) is 14.8. The van der Waals surface area contributed by atoms with E-state index < -0.39 is 11.9 Å². The van der Waals surface area contributed by atoms with Gasteiger partial charge in [0.1, 0.15) is 5.82 Å². The van der Waals surface area contributed by atoms with Gasteiger partial charge in [-0.15, -0.1) is 0 Å². The number of esters is 1. The minimum absolute atomic E-state index is 0.0217. The maximum absolute atomic E-state index is 13.0. The van der Waals surface area contributed by atoms with Crippen molar-refractivity contribution in [3.05, 3.63) is 76.9 Å². The van der Waals surface area contributed by atoms with Gasteiger partial charge in [0.05, 0.1) is 28.7 Å². The zero-order valence-corrected chi connectivity index (χ0v) is 17.7. The second-order valence-corrected chi connectivity index (χ2v) is 7.95. The third-order valence-electron chi connectivity index (χ3n) is 5.57. The highest BCUT2D eigenvalue weighted by Gasteiger charge is 2.45. The number of benzene rings is 2. The van der Waals surface area contributed by atoms with E-state index in [2.05, 4.69) is 10.4 Å². The van der Waals surface area contributed by atoms with Crippen molar-refractivity contribution in [3.8, 4) is 5.69 Å². The number of rotatable bonds is 6. The molecule has 31 heavy (non-hydrogen) atoms. The number of hydrogen-bond donors (Lipinski definition) is 1. The van der Waals surface area contributed by atoms with Crippen LogP contribution in [0.2, 0.25) is 0 Å². The van der Waals surface area contributed by atoms with Crippen molar-refractivity contribution in [1.82, 2.24) is 9.78 Å². The average Bonchev–Trinajstić information content (AvgIpc) is 3.50. The summed E-state index contributed by atoms with van der Waals surface area (Å²) < 4.78 is 20.0. The average molecular weight is 421 g/mol. The fourth-order valence-corrected chi connectivity index (χ4v) is 3.71. The van der Waals surface area contributed by atoms with Crippen LogP contribution < -0.4 is 5.32 Å². The van der Waals surface area contributed by atoms with Gasteiger partial charge in [0.25, 0.3) is 5.91 Å². The lowest BCUT2D eigenvalue weighted by molar-refractivity contribution is -0.148. The third kappa shape index (κ3) is 4.50. The van der Waals surface area contributed by atoms with E-state index in [1.165, 1.54) is 12.1 Å². The molecule has 1 heterocycles. The van der Waals surface area contributed by atoms with E-state index in [-0.39, 0.29) is 24.3 Å². The van der Waals surface area contributed by atoms with E-state index in [0.717, 1.165) is 22.5 Å². The number of ether oxygens (including phenoxy) is 1. The van der Waals surface area contributed by atoms with Crippen molar-refractivity contribution in [1.29, 1.82) is 0 Å². The molecule has 1 N–H and O–H groups in total. The topological polar surface area (TPSA) is 73.2 Å². The first-order valence-electron chi connectivity index (χ1n) is 10.2. The summed E-state index contributed by atoms with van der Waals surface area (Å²) in [5.74, 6) is -1.40. The number of aryl methyl sites for hydroxylation is 2. The predicted molar refractivity (Wildman–Crippen MR) is 115 cm³/mol. The highest BCUT2D eigenvalue weighted by atomic mass is 19.1. The molecule has 0 saturated heterocycles. The number of aromatic nitrogens is 2. The third-order valence-corrected chi connectivity index (χ3v) is 5.57. The predicted octanol–water partition coefficient (Wildman–Crippen LogP) is 4.22. The Bertz CT molecular complexity index is 1120. The molecule has 1 fully saturated rings. The van der Waals surface area contributed by atoms with Crippen LogP contribution in [0.5, 0.6) is 0 Å². The lowest BCUT2D eigenvalue weighted by atomic mass is 10.1. The van der Waals surface area contributed by atoms with Gasteiger partial charge in [-0.3, -0.25) is 9.59 Å². The first-order valence-corrected chi connectivity index (χ1v) is 10.2. The van der Waals surface area contributed by atoms with Crippen molar-refractivity contribution >= 4 is 17.6 Å². The molecule has 2 aromatic carbocycles. The Balaban J connectivity index is 1.34. The molecule has 7 heteroatoms.